The number of nitrogens with one attached hydrogen (secondary N) is 1. The van der Waals surface area contributed by atoms with E-state index in [0.717, 1.165) is 16.9 Å². The molecule has 132 valence electrons. The van der Waals surface area contributed by atoms with Crippen molar-refractivity contribution in [1.82, 2.24) is 0 Å². The van der Waals surface area contributed by atoms with Gasteiger partial charge < -0.3 is 15.1 Å². The standard InChI is InChI=1S/C20H25N3O2/c1-5-23(18-8-6-7-15(2)13-18)20(25)14-19(24)21-16-9-11-17(12-10-16)22(3)4/h6-13H,5,14H2,1-4H3,(H,21,24). The van der Waals surface area contributed by atoms with Crippen LogP contribution in [0.2, 0.25) is 0 Å². The second-order valence-electron chi connectivity index (χ2n) is 6.14. The van der Waals surface area contributed by atoms with E-state index in [1.54, 1.807) is 4.90 Å². The van der Waals surface area contributed by atoms with Gasteiger partial charge in [-0.15, -0.1) is 0 Å². The van der Waals surface area contributed by atoms with E-state index in [9.17, 15) is 9.59 Å². The lowest BCUT2D eigenvalue weighted by Gasteiger charge is -2.21. The minimum atomic E-state index is -0.311. The minimum Gasteiger partial charge on any atom is -0.378 e. The van der Waals surface area contributed by atoms with Crippen LogP contribution in [0.15, 0.2) is 48.5 Å². The molecule has 2 rings (SSSR count). The molecular formula is C20H25N3O2. The van der Waals surface area contributed by atoms with Crippen molar-refractivity contribution >= 4 is 28.9 Å². The molecule has 0 aromatic heterocycles. The molecule has 2 amide bonds. The Morgan fingerprint density at radius 1 is 1.00 bits per heavy atom. The molecule has 25 heavy (non-hydrogen) atoms. The fourth-order valence-electron chi connectivity index (χ4n) is 2.58. The fraction of sp³-hybridized carbons (Fsp3) is 0.300. The fourth-order valence-corrected chi connectivity index (χ4v) is 2.58. The summed E-state index contributed by atoms with van der Waals surface area (Å²) in [7, 11) is 3.91. The second kappa shape index (κ2) is 8.33. The number of amides is 2. The second-order valence-corrected chi connectivity index (χ2v) is 6.14. The van der Waals surface area contributed by atoms with Gasteiger partial charge in [-0.2, -0.15) is 0 Å². The molecule has 0 aliphatic carbocycles. The van der Waals surface area contributed by atoms with Crippen LogP contribution < -0.4 is 15.1 Å². The molecule has 0 aliphatic heterocycles. The van der Waals surface area contributed by atoms with Gasteiger partial charge in [0.25, 0.3) is 0 Å². The Morgan fingerprint density at radius 3 is 2.24 bits per heavy atom. The molecule has 0 bridgehead atoms. The summed E-state index contributed by atoms with van der Waals surface area (Å²) in [5, 5.41) is 2.78. The van der Waals surface area contributed by atoms with E-state index in [4.69, 9.17) is 0 Å². The zero-order valence-electron chi connectivity index (χ0n) is 15.2. The molecule has 5 heteroatoms. The molecule has 0 spiro atoms. The van der Waals surface area contributed by atoms with E-state index < -0.39 is 0 Å². The number of nitrogens with zero attached hydrogens (tertiary/aromatic N) is 2. The van der Waals surface area contributed by atoms with Crippen molar-refractivity contribution in [1.29, 1.82) is 0 Å². The quantitative estimate of drug-likeness (QED) is 0.820. The molecule has 0 heterocycles. The third kappa shape index (κ3) is 5.08. The van der Waals surface area contributed by atoms with E-state index in [1.807, 2.05) is 81.4 Å². The van der Waals surface area contributed by atoms with Crippen LogP contribution in [0.1, 0.15) is 18.9 Å². The minimum absolute atomic E-state index is 0.183. The molecule has 0 radical (unpaired) electrons. The molecule has 0 unspecified atom stereocenters. The number of carbonyl (C=O) groups excluding carboxylic acids is 2. The topological polar surface area (TPSA) is 52.7 Å². The zero-order valence-corrected chi connectivity index (χ0v) is 15.2. The molecule has 0 aliphatic rings. The lowest BCUT2D eigenvalue weighted by Crippen LogP contribution is -2.33. The average molecular weight is 339 g/mol. The first-order valence-corrected chi connectivity index (χ1v) is 8.35. The van der Waals surface area contributed by atoms with Crippen molar-refractivity contribution in [3.63, 3.8) is 0 Å². The summed E-state index contributed by atoms with van der Waals surface area (Å²) in [6.07, 6.45) is -0.183. The third-order valence-corrected chi connectivity index (χ3v) is 3.91. The highest BCUT2D eigenvalue weighted by molar-refractivity contribution is 6.09. The van der Waals surface area contributed by atoms with Gasteiger partial charge in [0.15, 0.2) is 0 Å². The summed E-state index contributed by atoms with van der Waals surface area (Å²) >= 11 is 0. The Morgan fingerprint density at radius 2 is 1.68 bits per heavy atom. The first-order chi connectivity index (χ1) is 11.9. The molecule has 5 nitrogen and oxygen atoms in total. The first-order valence-electron chi connectivity index (χ1n) is 8.35. The van der Waals surface area contributed by atoms with Crippen LogP contribution in [-0.4, -0.2) is 32.5 Å². The van der Waals surface area contributed by atoms with Gasteiger partial charge in [0.2, 0.25) is 11.8 Å². The number of rotatable bonds is 6. The van der Waals surface area contributed by atoms with E-state index in [0.29, 0.717) is 12.2 Å². The molecule has 2 aromatic carbocycles. The summed E-state index contributed by atoms with van der Waals surface area (Å²) in [4.78, 5) is 28.3. The molecule has 0 atom stereocenters. The maximum absolute atomic E-state index is 12.5. The number of hydrogen-bond donors (Lipinski definition) is 1. The van der Waals surface area contributed by atoms with Crippen LogP contribution in [0, 0.1) is 6.92 Å². The van der Waals surface area contributed by atoms with Crippen LogP contribution >= 0.6 is 0 Å². The molecular weight excluding hydrogens is 314 g/mol. The van der Waals surface area contributed by atoms with Crippen molar-refractivity contribution in [2.75, 3.05) is 35.8 Å². The van der Waals surface area contributed by atoms with Gasteiger partial charge in [0.1, 0.15) is 6.42 Å². The van der Waals surface area contributed by atoms with Crippen molar-refractivity contribution in [3.05, 3.63) is 54.1 Å². The predicted molar refractivity (Wildman–Crippen MR) is 103 cm³/mol. The van der Waals surface area contributed by atoms with Gasteiger partial charge >= 0.3 is 0 Å². The molecule has 0 fully saturated rings. The van der Waals surface area contributed by atoms with Gasteiger partial charge in [-0.25, -0.2) is 0 Å². The van der Waals surface area contributed by atoms with Gasteiger partial charge in [-0.3, -0.25) is 9.59 Å². The van der Waals surface area contributed by atoms with Gasteiger partial charge in [-0.05, 0) is 55.8 Å². The Bertz CT molecular complexity index is 739. The number of hydrogen-bond acceptors (Lipinski definition) is 3. The van der Waals surface area contributed by atoms with E-state index >= 15 is 0 Å². The number of anilines is 3. The zero-order chi connectivity index (χ0) is 18.4. The van der Waals surface area contributed by atoms with Crippen LogP contribution in [0.5, 0.6) is 0 Å². The molecule has 0 saturated carbocycles. The summed E-state index contributed by atoms with van der Waals surface area (Å²) in [5.41, 5.74) is 3.62. The number of benzene rings is 2. The summed E-state index contributed by atoms with van der Waals surface area (Å²) in [6.45, 7) is 4.40. The van der Waals surface area contributed by atoms with E-state index in [2.05, 4.69) is 5.32 Å². The average Bonchev–Trinajstić information content (AvgIpc) is 2.56. The number of aryl methyl sites for hydroxylation is 1. The van der Waals surface area contributed by atoms with Gasteiger partial charge in [0.05, 0.1) is 0 Å². The Labute approximate surface area is 149 Å². The monoisotopic (exact) mass is 339 g/mol. The van der Waals surface area contributed by atoms with Crippen molar-refractivity contribution in [2.45, 2.75) is 20.3 Å². The maximum atomic E-state index is 12.5. The van der Waals surface area contributed by atoms with E-state index in [-0.39, 0.29) is 18.2 Å². The largest absolute Gasteiger partial charge is 0.378 e. The van der Waals surface area contributed by atoms with Crippen LogP contribution in [0.4, 0.5) is 17.1 Å². The molecule has 0 saturated heterocycles. The van der Waals surface area contributed by atoms with Crippen LogP contribution in [0.3, 0.4) is 0 Å². The lowest BCUT2D eigenvalue weighted by atomic mass is 10.2. The van der Waals surface area contributed by atoms with Crippen LogP contribution in [0.25, 0.3) is 0 Å². The predicted octanol–water partition coefficient (Wildman–Crippen LogP) is 3.44. The first kappa shape index (κ1) is 18.5. The highest BCUT2D eigenvalue weighted by Gasteiger charge is 2.17. The lowest BCUT2D eigenvalue weighted by molar-refractivity contribution is -0.125. The Balaban J connectivity index is 1.99. The van der Waals surface area contributed by atoms with Gasteiger partial charge in [-0.1, -0.05) is 12.1 Å². The molecule has 2 aromatic rings. The maximum Gasteiger partial charge on any atom is 0.236 e. The normalized spacial score (nSPS) is 10.2. The Hall–Kier alpha value is -2.82. The smallest absolute Gasteiger partial charge is 0.236 e. The summed E-state index contributed by atoms with van der Waals surface area (Å²) in [6, 6.07) is 15.2. The van der Waals surface area contributed by atoms with Crippen molar-refractivity contribution < 1.29 is 9.59 Å². The Kier molecular flexibility index (Phi) is 6.17. The summed E-state index contributed by atoms with van der Waals surface area (Å²) in [5.74, 6) is -0.524. The highest BCUT2D eigenvalue weighted by Crippen LogP contribution is 2.18. The number of carbonyl (C=O) groups is 2. The third-order valence-electron chi connectivity index (χ3n) is 3.91. The summed E-state index contributed by atoms with van der Waals surface area (Å²) < 4.78 is 0. The SMILES string of the molecule is CCN(C(=O)CC(=O)Nc1ccc(N(C)C)cc1)c1cccc(C)c1. The van der Waals surface area contributed by atoms with E-state index in [1.165, 1.54) is 0 Å². The van der Waals surface area contributed by atoms with Gasteiger partial charge in [0, 0.05) is 37.7 Å². The van der Waals surface area contributed by atoms with Crippen molar-refractivity contribution in [3.8, 4) is 0 Å². The highest BCUT2D eigenvalue weighted by atomic mass is 16.2. The molecule has 1 N–H and O–H groups in total. The van der Waals surface area contributed by atoms with Crippen LogP contribution in [-0.2, 0) is 9.59 Å². The van der Waals surface area contributed by atoms with Crippen molar-refractivity contribution in [2.24, 2.45) is 0 Å².